The van der Waals surface area contributed by atoms with Crippen LogP contribution in [0.3, 0.4) is 0 Å². The van der Waals surface area contributed by atoms with E-state index in [-0.39, 0.29) is 11.4 Å². The van der Waals surface area contributed by atoms with E-state index in [1.807, 2.05) is 37.3 Å². The van der Waals surface area contributed by atoms with Gasteiger partial charge in [0.1, 0.15) is 5.75 Å². The van der Waals surface area contributed by atoms with E-state index in [2.05, 4.69) is 4.72 Å². The molecule has 0 saturated heterocycles. The van der Waals surface area contributed by atoms with E-state index >= 15 is 0 Å². The number of rotatable bonds is 7. The third-order valence-corrected chi connectivity index (χ3v) is 4.95. The molecule has 0 aliphatic heterocycles. The van der Waals surface area contributed by atoms with Gasteiger partial charge in [-0.05, 0) is 30.7 Å². The summed E-state index contributed by atoms with van der Waals surface area (Å²) in [5.74, 6) is 0.661. The summed E-state index contributed by atoms with van der Waals surface area (Å²) in [6.45, 7) is 1.97. The molecule has 0 unspecified atom stereocenters. The van der Waals surface area contributed by atoms with Crippen molar-refractivity contribution in [3.8, 4) is 5.75 Å². The topological polar surface area (TPSA) is 64.6 Å². The first-order valence-corrected chi connectivity index (χ1v) is 8.68. The molecule has 1 atom stereocenters. The normalized spacial score (nSPS) is 12.8. The average Bonchev–Trinajstić information content (AvgIpc) is 2.56. The predicted octanol–water partition coefficient (Wildman–Crippen LogP) is 2.67. The molecule has 1 N–H and O–H groups in total. The minimum absolute atomic E-state index is 0.118. The molecule has 0 aliphatic carbocycles. The van der Waals surface area contributed by atoms with Crippen LogP contribution >= 0.6 is 0 Å². The summed E-state index contributed by atoms with van der Waals surface area (Å²) in [7, 11) is -0.475. The van der Waals surface area contributed by atoms with Crippen LogP contribution in [0.5, 0.6) is 5.75 Å². The second-order valence-corrected chi connectivity index (χ2v) is 6.90. The maximum atomic E-state index is 12.4. The molecule has 0 heterocycles. The molecule has 6 heteroatoms. The molecule has 0 amide bonds. The Morgan fingerprint density at radius 2 is 1.83 bits per heavy atom. The number of sulfonamides is 1. The fourth-order valence-corrected chi connectivity index (χ4v) is 3.44. The van der Waals surface area contributed by atoms with Gasteiger partial charge in [0.05, 0.1) is 18.1 Å². The lowest BCUT2D eigenvalue weighted by Crippen LogP contribution is -2.29. The van der Waals surface area contributed by atoms with Crippen molar-refractivity contribution in [2.24, 2.45) is 0 Å². The Morgan fingerprint density at radius 3 is 2.48 bits per heavy atom. The molecule has 5 nitrogen and oxygen atoms in total. The maximum absolute atomic E-state index is 12.4. The third-order valence-electron chi connectivity index (χ3n) is 3.53. The van der Waals surface area contributed by atoms with Crippen LogP contribution in [-0.2, 0) is 14.8 Å². The predicted molar refractivity (Wildman–Crippen MR) is 89.1 cm³/mol. The highest BCUT2D eigenvalue weighted by molar-refractivity contribution is 7.89. The first-order chi connectivity index (χ1) is 11.0. The summed E-state index contributed by atoms with van der Waals surface area (Å²) in [6.07, 6.45) is -0.439. The summed E-state index contributed by atoms with van der Waals surface area (Å²) in [6, 6.07) is 14.2. The van der Waals surface area contributed by atoms with Gasteiger partial charge in [-0.25, -0.2) is 13.1 Å². The molecule has 0 spiro atoms. The maximum Gasteiger partial charge on any atom is 0.240 e. The molecule has 0 aliphatic rings. The molecule has 2 rings (SSSR count). The lowest BCUT2D eigenvalue weighted by atomic mass is 10.1. The first-order valence-electron chi connectivity index (χ1n) is 7.20. The average molecular weight is 335 g/mol. The zero-order valence-electron chi connectivity index (χ0n) is 13.4. The van der Waals surface area contributed by atoms with Crippen LogP contribution in [-0.4, -0.2) is 29.2 Å². The molecule has 0 radical (unpaired) electrons. The number of methoxy groups -OCH3 is 2. The van der Waals surface area contributed by atoms with E-state index in [4.69, 9.17) is 9.47 Å². The largest absolute Gasteiger partial charge is 0.496 e. The smallest absolute Gasteiger partial charge is 0.240 e. The van der Waals surface area contributed by atoms with Gasteiger partial charge in [-0.2, -0.15) is 0 Å². The van der Waals surface area contributed by atoms with Crippen molar-refractivity contribution < 1.29 is 17.9 Å². The van der Waals surface area contributed by atoms with Gasteiger partial charge in [0.2, 0.25) is 10.0 Å². The molecule has 0 bridgehead atoms. The van der Waals surface area contributed by atoms with Crippen molar-refractivity contribution in [1.82, 2.24) is 4.72 Å². The minimum Gasteiger partial charge on any atom is -0.496 e. The fraction of sp³-hybridized carbons (Fsp3) is 0.294. The third kappa shape index (κ3) is 4.31. The minimum atomic E-state index is -3.59. The van der Waals surface area contributed by atoms with Gasteiger partial charge in [-0.3, -0.25) is 0 Å². The Hall–Kier alpha value is -1.89. The van der Waals surface area contributed by atoms with Crippen molar-refractivity contribution in [3.63, 3.8) is 0 Å². The molecule has 2 aromatic rings. The van der Waals surface area contributed by atoms with Crippen molar-refractivity contribution >= 4 is 10.0 Å². The van der Waals surface area contributed by atoms with Crippen molar-refractivity contribution in [3.05, 3.63) is 59.7 Å². The van der Waals surface area contributed by atoms with Gasteiger partial charge in [-0.1, -0.05) is 30.3 Å². The van der Waals surface area contributed by atoms with Crippen LogP contribution in [0.2, 0.25) is 0 Å². The number of para-hydroxylation sites is 1. The standard InChI is InChI=1S/C17H21NO4S/c1-13-7-6-8-14(11-13)23(19,20)18-12-17(22-3)15-9-4-5-10-16(15)21-2/h4-11,17-18H,12H2,1-3H3/t17-/m1/s1. The summed E-state index contributed by atoms with van der Waals surface area (Å²) < 4.78 is 38.1. The number of aryl methyl sites for hydroxylation is 1. The van der Waals surface area contributed by atoms with E-state index in [0.717, 1.165) is 11.1 Å². The van der Waals surface area contributed by atoms with Crippen LogP contribution < -0.4 is 9.46 Å². The fourth-order valence-electron chi connectivity index (χ4n) is 2.30. The van der Waals surface area contributed by atoms with Crippen LogP contribution in [0, 0.1) is 6.92 Å². The molecule has 2 aromatic carbocycles. The zero-order chi connectivity index (χ0) is 16.9. The number of ether oxygens (including phenoxy) is 2. The van der Waals surface area contributed by atoms with Crippen LogP contribution in [0.4, 0.5) is 0 Å². The highest BCUT2D eigenvalue weighted by Gasteiger charge is 2.20. The second-order valence-electron chi connectivity index (χ2n) is 5.13. The number of benzene rings is 2. The number of hydrogen-bond donors (Lipinski definition) is 1. The molecule has 0 fully saturated rings. The molecular formula is C17H21NO4S. The van der Waals surface area contributed by atoms with Gasteiger partial charge in [0.15, 0.2) is 0 Å². The van der Waals surface area contributed by atoms with Gasteiger partial charge >= 0.3 is 0 Å². The summed E-state index contributed by atoms with van der Waals surface area (Å²) in [5, 5.41) is 0. The van der Waals surface area contributed by atoms with Gasteiger partial charge in [0.25, 0.3) is 0 Å². The Labute approximate surface area is 137 Å². The quantitative estimate of drug-likeness (QED) is 0.845. The Balaban J connectivity index is 2.17. The number of hydrogen-bond acceptors (Lipinski definition) is 4. The zero-order valence-corrected chi connectivity index (χ0v) is 14.3. The van der Waals surface area contributed by atoms with Crippen molar-refractivity contribution in [1.29, 1.82) is 0 Å². The van der Waals surface area contributed by atoms with Crippen LogP contribution in [0.1, 0.15) is 17.2 Å². The Morgan fingerprint density at radius 1 is 1.09 bits per heavy atom. The Bertz CT molecular complexity index is 759. The molecule has 0 saturated carbocycles. The molecule has 0 aromatic heterocycles. The van der Waals surface area contributed by atoms with Gasteiger partial charge < -0.3 is 9.47 Å². The lowest BCUT2D eigenvalue weighted by Gasteiger charge is -2.19. The summed E-state index contributed by atoms with van der Waals surface area (Å²) in [4.78, 5) is 0.243. The summed E-state index contributed by atoms with van der Waals surface area (Å²) >= 11 is 0. The van der Waals surface area contributed by atoms with E-state index in [1.54, 1.807) is 25.3 Å². The number of nitrogens with one attached hydrogen (secondary N) is 1. The van der Waals surface area contributed by atoms with Gasteiger partial charge in [-0.15, -0.1) is 0 Å². The van der Waals surface area contributed by atoms with E-state index in [9.17, 15) is 8.42 Å². The van der Waals surface area contributed by atoms with Crippen LogP contribution in [0.15, 0.2) is 53.4 Å². The highest BCUT2D eigenvalue weighted by Crippen LogP contribution is 2.26. The van der Waals surface area contributed by atoms with Gasteiger partial charge in [0, 0.05) is 19.2 Å². The molecule has 23 heavy (non-hydrogen) atoms. The molecule has 124 valence electrons. The van der Waals surface area contributed by atoms with Crippen LogP contribution in [0.25, 0.3) is 0 Å². The summed E-state index contributed by atoms with van der Waals surface area (Å²) in [5.41, 5.74) is 1.69. The van der Waals surface area contributed by atoms with E-state index < -0.39 is 16.1 Å². The SMILES string of the molecule is COc1ccccc1[C@@H](CNS(=O)(=O)c1cccc(C)c1)OC. The van der Waals surface area contributed by atoms with E-state index in [0.29, 0.717) is 5.75 Å². The first kappa shape index (κ1) is 17.5. The lowest BCUT2D eigenvalue weighted by molar-refractivity contribution is 0.105. The second kappa shape index (κ2) is 7.59. The highest BCUT2D eigenvalue weighted by atomic mass is 32.2. The van der Waals surface area contributed by atoms with Crippen molar-refractivity contribution in [2.45, 2.75) is 17.9 Å². The molecular weight excluding hydrogens is 314 g/mol. The van der Waals surface area contributed by atoms with Crippen molar-refractivity contribution in [2.75, 3.05) is 20.8 Å². The monoisotopic (exact) mass is 335 g/mol. The van der Waals surface area contributed by atoms with E-state index in [1.165, 1.54) is 7.11 Å². The Kier molecular flexibility index (Phi) is 5.76.